The second-order valence-electron chi connectivity index (χ2n) is 3.71. The van der Waals surface area contributed by atoms with E-state index in [1.807, 2.05) is 31.2 Å². The SMILES string of the molecule is CC[C@H](N)c1ccccc1OCC(C)O. The highest BCUT2D eigenvalue weighted by molar-refractivity contribution is 5.35. The van der Waals surface area contributed by atoms with E-state index in [-0.39, 0.29) is 6.04 Å². The van der Waals surface area contributed by atoms with Gasteiger partial charge in [0.15, 0.2) is 0 Å². The molecule has 2 atom stereocenters. The standard InChI is InChI=1S/C12H19NO2/c1-3-11(13)10-6-4-5-7-12(10)15-8-9(2)14/h4-7,9,11,14H,3,8,13H2,1-2H3/t9?,11-/m0/s1. The Kier molecular flexibility index (Phi) is 4.59. The van der Waals surface area contributed by atoms with Gasteiger partial charge < -0.3 is 15.6 Å². The highest BCUT2D eigenvalue weighted by atomic mass is 16.5. The minimum Gasteiger partial charge on any atom is -0.491 e. The van der Waals surface area contributed by atoms with Crippen LogP contribution in [0.1, 0.15) is 31.9 Å². The van der Waals surface area contributed by atoms with Crippen molar-refractivity contribution in [2.24, 2.45) is 5.73 Å². The van der Waals surface area contributed by atoms with Crippen LogP contribution in [0.25, 0.3) is 0 Å². The van der Waals surface area contributed by atoms with Crippen LogP contribution >= 0.6 is 0 Å². The number of benzene rings is 1. The third kappa shape index (κ3) is 3.53. The first-order chi connectivity index (χ1) is 7.15. The first-order valence-corrected chi connectivity index (χ1v) is 5.30. The summed E-state index contributed by atoms with van der Waals surface area (Å²) in [4.78, 5) is 0. The van der Waals surface area contributed by atoms with Gasteiger partial charge in [0.05, 0.1) is 6.10 Å². The number of aliphatic hydroxyl groups excluding tert-OH is 1. The van der Waals surface area contributed by atoms with Crippen LogP contribution < -0.4 is 10.5 Å². The van der Waals surface area contributed by atoms with Gasteiger partial charge in [-0.1, -0.05) is 25.1 Å². The van der Waals surface area contributed by atoms with Crippen molar-refractivity contribution in [2.75, 3.05) is 6.61 Å². The van der Waals surface area contributed by atoms with Crippen molar-refractivity contribution >= 4 is 0 Å². The van der Waals surface area contributed by atoms with Gasteiger partial charge in [-0.2, -0.15) is 0 Å². The number of para-hydroxylation sites is 1. The zero-order valence-electron chi connectivity index (χ0n) is 9.31. The van der Waals surface area contributed by atoms with Crippen molar-refractivity contribution in [3.8, 4) is 5.75 Å². The van der Waals surface area contributed by atoms with Crippen LogP contribution in [-0.4, -0.2) is 17.8 Å². The van der Waals surface area contributed by atoms with Crippen molar-refractivity contribution in [3.63, 3.8) is 0 Å². The van der Waals surface area contributed by atoms with E-state index in [0.29, 0.717) is 6.61 Å². The summed E-state index contributed by atoms with van der Waals surface area (Å²) in [7, 11) is 0. The lowest BCUT2D eigenvalue weighted by Gasteiger charge is -2.16. The molecule has 0 bridgehead atoms. The van der Waals surface area contributed by atoms with Gasteiger partial charge in [-0.3, -0.25) is 0 Å². The van der Waals surface area contributed by atoms with Crippen LogP contribution in [0.3, 0.4) is 0 Å². The Labute approximate surface area is 90.9 Å². The van der Waals surface area contributed by atoms with Gasteiger partial charge in [0.25, 0.3) is 0 Å². The predicted molar refractivity (Wildman–Crippen MR) is 60.8 cm³/mol. The predicted octanol–water partition coefficient (Wildman–Crippen LogP) is 1.86. The number of hydrogen-bond donors (Lipinski definition) is 2. The Bertz CT molecular complexity index is 299. The molecular formula is C12H19NO2. The van der Waals surface area contributed by atoms with E-state index in [0.717, 1.165) is 17.7 Å². The molecule has 0 amide bonds. The molecule has 1 aromatic rings. The monoisotopic (exact) mass is 209 g/mol. The zero-order valence-corrected chi connectivity index (χ0v) is 9.31. The zero-order chi connectivity index (χ0) is 11.3. The normalized spacial score (nSPS) is 14.7. The Morgan fingerprint density at radius 2 is 2.07 bits per heavy atom. The molecule has 1 aromatic carbocycles. The van der Waals surface area contributed by atoms with E-state index in [1.165, 1.54) is 0 Å². The molecule has 0 heterocycles. The molecule has 3 nitrogen and oxygen atoms in total. The summed E-state index contributed by atoms with van der Waals surface area (Å²) < 4.78 is 5.49. The molecule has 15 heavy (non-hydrogen) atoms. The molecule has 0 aromatic heterocycles. The van der Waals surface area contributed by atoms with Crippen LogP contribution in [0.5, 0.6) is 5.75 Å². The van der Waals surface area contributed by atoms with Crippen LogP contribution in [0.4, 0.5) is 0 Å². The summed E-state index contributed by atoms with van der Waals surface area (Å²) in [6.07, 6.45) is 0.408. The highest BCUT2D eigenvalue weighted by Gasteiger charge is 2.10. The van der Waals surface area contributed by atoms with Crippen molar-refractivity contribution in [3.05, 3.63) is 29.8 Å². The molecule has 0 radical (unpaired) electrons. The van der Waals surface area contributed by atoms with Crippen molar-refractivity contribution in [2.45, 2.75) is 32.4 Å². The molecule has 0 saturated heterocycles. The molecule has 0 saturated carbocycles. The minimum atomic E-state index is -0.462. The lowest BCUT2D eigenvalue weighted by Crippen LogP contribution is -2.16. The van der Waals surface area contributed by atoms with Gasteiger partial charge in [0.1, 0.15) is 12.4 Å². The number of aliphatic hydroxyl groups is 1. The topological polar surface area (TPSA) is 55.5 Å². The number of ether oxygens (including phenoxy) is 1. The van der Waals surface area contributed by atoms with E-state index in [9.17, 15) is 0 Å². The highest BCUT2D eigenvalue weighted by Crippen LogP contribution is 2.25. The molecule has 84 valence electrons. The van der Waals surface area contributed by atoms with Gasteiger partial charge in [-0.25, -0.2) is 0 Å². The summed E-state index contributed by atoms with van der Waals surface area (Å²) >= 11 is 0. The third-order valence-electron chi connectivity index (χ3n) is 2.24. The summed E-state index contributed by atoms with van der Waals surface area (Å²) in [6, 6.07) is 7.69. The average molecular weight is 209 g/mol. The quantitative estimate of drug-likeness (QED) is 0.778. The van der Waals surface area contributed by atoms with E-state index < -0.39 is 6.10 Å². The van der Waals surface area contributed by atoms with Gasteiger partial charge in [-0.05, 0) is 19.4 Å². The molecule has 0 aliphatic carbocycles. The van der Waals surface area contributed by atoms with Gasteiger partial charge in [0, 0.05) is 11.6 Å². The lowest BCUT2D eigenvalue weighted by molar-refractivity contribution is 0.122. The van der Waals surface area contributed by atoms with E-state index in [2.05, 4.69) is 0 Å². The fraction of sp³-hybridized carbons (Fsp3) is 0.500. The molecule has 1 unspecified atom stereocenters. The number of nitrogens with two attached hydrogens (primary N) is 1. The molecular weight excluding hydrogens is 190 g/mol. The lowest BCUT2D eigenvalue weighted by atomic mass is 10.0. The van der Waals surface area contributed by atoms with Crippen LogP contribution in [0.15, 0.2) is 24.3 Å². The van der Waals surface area contributed by atoms with Gasteiger partial charge in [-0.15, -0.1) is 0 Å². The van der Waals surface area contributed by atoms with E-state index in [4.69, 9.17) is 15.6 Å². The molecule has 0 spiro atoms. The summed E-state index contributed by atoms with van der Waals surface area (Å²) in [6.45, 7) is 4.03. The summed E-state index contributed by atoms with van der Waals surface area (Å²) in [5.74, 6) is 0.771. The summed E-state index contributed by atoms with van der Waals surface area (Å²) in [5, 5.41) is 9.14. The Morgan fingerprint density at radius 3 is 2.67 bits per heavy atom. The minimum absolute atomic E-state index is 0.00445. The van der Waals surface area contributed by atoms with E-state index in [1.54, 1.807) is 6.92 Å². The van der Waals surface area contributed by atoms with Gasteiger partial charge in [0.2, 0.25) is 0 Å². The van der Waals surface area contributed by atoms with Crippen molar-refractivity contribution < 1.29 is 9.84 Å². The largest absolute Gasteiger partial charge is 0.491 e. The summed E-state index contributed by atoms with van der Waals surface area (Å²) in [5.41, 5.74) is 6.96. The smallest absolute Gasteiger partial charge is 0.124 e. The Morgan fingerprint density at radius 1 is 1.40 bits per heavy atom. The van der Waals surface area contributed by atoms with Gasteiger partial charge >= 0.3 is 0 Å². The Hall–Kier alpha value is -1.06. The Balaban J connectivity index is 2.77. The van der Waals surface area contributed by atoms with Crippen molar-refractivity contribution in [1.82, 2.24) is 0 Å². The average Bonchev–Trinajstić information content (AvgIpc) is 2.25. The molecule has 3 heteroatoms. The number of rotatable bonds is 5. The maximum Gasteiger partial charge on any atom is 0.124 e. The third-order valence-corrected chi connectivity index (χ3v) is 2.24. The fourth-order valence-electron chi connectivity index (χ4n) is 1.35. The number of hydrogen-bond acceptors (Lipinski definition) is 3. The maximum absolute atomic E-state index is 9.14. The molecule has 1 rings (SSSR count). The second-order valence-corrected chi connectivity index (χ2v) is 3.71. The van der Waals surface area contributed by atoms with E-state index >= 15 is 0 Å². The fourth-order valence-corrected chi connectivity index (χ4v) is 1.35. The second kappa shape index (κ2) is 5.73. The molecule has 0 fully saturated rings. The molecule has 3 N–H and O–H groups in total. The molecule has 0 aliphatic rings. The van der Waals surface area contributed by atoms with Crippen molar-refractivity contribution in [1.29, 1.82) is 0 Å². The first-order valence-electron chi connectivity index (χ1n) is 5.30. The molecule has 0 aliphatic heterocycles. The van der Waals surface area contributed by atoms with Crippen LogP contribution in [0.2, 0.25) is 0 Å². The van der Waals surface area contributed by atoms with Crippen LogP contribution in [-0.2, 0) is 0 Å². The maximum atomic E-state index is 9.14. The van der Waals surface area contributed by atoms with Crippen LogP contribution in [0, 0.1) is 0 Å². The first kappa shape index (κ1) is 12.0.